The minimum atomic E-state index is -0.0611. The number of nitrogens with zero attached hydrogens (tertiary/aromatic N) is 2. The Balaban J connectivity index is 2.03. The van der Waals surface area contributed by atoms with Gasteiger partial charge in [0.25, 0.3) is 0 Å². The van der Waals surface area contributed by atoms with Crippen LogP contribution in [0, 0.1) is 0 Å². The van der Waals surface area contributed by atoms with Crippen molar-refractivity contribution in [1.29, 1.82) is 0 Å². The number of rotatable bonds is 5. The zero-order valence-corrected chi connectivity index (χ0v) is 13.8. The summed E-state index contributed by atoms with van der Waals surface area (Å²) in [5.41, 5.74) is 2.11. The zero-order chi connectivity index (χ0) is 15.4. The summed E-state index contributed by atoms with van der Waals surface area (Å²) in [7, 11) is 4.25. The third-order valence-electron chi connectivity index (χ3n) is 4.81. The van der Waals surface area contributed by atoms with E-state index < -0.39 is 0 Å². The molecule has 1 aliphatic heterocycles. The molecule has 2 unspecified atom stereocenters. The first-order valence-electron chi connectivity index (χ1n) is 8.06. The molecule has 3 heteroatoms. The molecule has 2 atom stereocenters. The highest BCUT2D eigenvalue weighted by Crippen LogP contribution is 2.18. The first-order chi connectivity index (χ1) is 10.0. The lowest BCUT2D eigenvalue weighted by Crippen LogP contribution is -2.50. The van der Waals surface area contributed by atoms with Gasteiger partial charge in [-0.1, -0.05) is 31.2 Å². The van der Waals surface area contributed by atoms with Crippen molar-refractivity contribution in [2.45, 2.75) is 45.2 Å². The third kappa shape index (κ3) is 3.92. The van der Waals surface area contributed by atoms with Crippen LogP contribution in [0.4, 0.5) is 0 Å². The Morgan fingerprint density at radius 1 is 1.38 bits per heavy atom. The van der Waals surface area contributed by atoms with Gasteiger partial charge in [0.15, 0.2) is 5.78 Å². The Hall–Kier alpha value is -1.19. The van der Waals surface area contributed by atoms with Crippen LogP contribution in [0.25, 0.3) is 0 Å². The first-order valence-corrected chi connectivity index (χ1v) is 8.06. The van der Waals surface area contributed by atoms with Crippen LogP contribution in [0.15, 0.2) is 24.3 Å². The number of aryl methyl sites for hydroxylation is 1. The Morgan fingerprint density at radius 3 is 2.62 bits per heavy atom. The largest absolute Gasteiger partial charge is 0.305 e. The molecule has 1 heterocycles. The Kier molecular flexibility index (Phi) is 5.54. The zero-order valence-electron chi connectivity index (χ0n) is 13.8. The van der Waals surface area contributed by atoms with Crippen LogP contribution in [-0.4, -0.2) is 54.9 Å². The standard InChI is InChI=1S/C18H28N2O/c1-5-15-8-10-16(11-9-15)18(21)14(2)20(4)17-7-6-12-19(3)13-17/h8-11,14,17H,5-7,12-13H2,1-4H3. The molecule has 0 N–H and O–H groups in total. The van der Waals surface area contributed by atoms with Gasteiger partial charge in [-0.05, 0) is 52.4 Å². The number of carbonyl (C=O) groups excluding carboxylic acids is 1. The number of carbonyl (C=O) groups is 1. The highest BCUT2D eigenvalue weighted by molar-refractivity contribution is 5.99. The lowest BCUT2D eigenvalue weighted by Gasteiger charge is -2.38. The van der Waals surface area contributed by atoms with Crippen LogP contribution >= 0.6 is 0 Å². The highest BCUT2D eigenvalue weighted by Gasteiger charge is 2.28. The number of benzene rings is 1. The molecule has 1 aromatic carbocycles. The molecule has 0 aromatic heterocycles. The minimum Gasteiger partial charge on any atom is -0.305 e. The molecule has 0 spiro atoms. The van der Waals surface area contributed by atoms with Gasteiger partial charge in [0.1, 0.15) is 0 Å². The number of ketones is 1. The molecule has 1 aromatic rings. The van der Waals surface area contributed by atoms with Crippen molar-refractivity contribution in [2.75, 3.05) is 27.2 Å². The Bertz CT molecular complexity index is 469. The van der Waals surface area contributed by atoms with Crippen LogP contribution < -0.4 is 0 Å². The number of Topliss-reactive ketones (excluding diaryl/α,β-unsaturated/α-hetero) is 1. The maximum absolute atomic E-state index is 12.7. The molecular formula is C18H28N2O. The average Bonchev–Trinajstić information content (AvgIpc) is 2.53. The SMILES string of the molecule is CCc1ccc(C(=O)C(C)N(C)C2CCCN(C)C2)cc1. The fourth-order valence-electron chi connectivity index (χ4n) is 3.12. The molecule has 0 saturated carbocycles. The van der Waals surface area contributed by atoms with Crippen molar-refractivity contribution >= 4 is 5.78 Å². The van der Waals surface area contributed by atoms with Gasteiger partial charge >= 0.3 is 0 Å². The second-order valence-corrected chi connectivity index (χ2v) is 6.31. The molecule has 0 amide bonds. The van der Waals surface area contributed by atoms with Gasteiger partial charge in [0.05, 0.1) is 6.04 Å². The minimum absolute atomic E-state index is 0.0611. The molecule has 1 fully saturated rings. The van der Waals surface area contributed by atoms with E-state index in [1.54, 1.807) is 0 Å². The highest BCUT2D eigenvalue weighted by atomic mass is 16.1. The predicted octanol–water partition coefficient (Wildman–Crippen LogP) is 2.85. The predicted molar refractivity (Wildman–Crippen MR) is 87.9 cm³/mol. The van der Waals surface area contributed by atoms with Crippen molar-refractivity contribution in [3.8, 4) is 0 Å². The van der Waals surface area contributed by atoms with Gasteiger partial charge in [-0.15, -0.1) is 0 Å². The topological polar surface area (TPSA) is 23.6 Å². The summed E-state index contributed by atoms with van der Waals surface area (Å²) in [5.74, 6) is 0.230. The van der Waals surface area contributed by atoms with Crippen LogP contribution in [0.5, 0.6) is 0 Å². The number of hydrogen-bond acceptors (Lipinski definition) is 3. The molecule has 1 saturated heterocycles. The van der Waals surface area contributed by atoms with Crippen molar-refractivity contribution in [3.63, 3.8) is 0 Å². The molecule has 0 aliphatic carbocycles. The molecule has 0 bridgehead atoms. The first kappa shape index (κ1) is 16.2. The molecule has 1 aliphatic rings. The van der Waals surface area contributed by atoms with Crippen molar-refractivity contribution in [3.05, 3.63) is 35.4 Å². The Morgan fingerprint density at radius 2 is 2.05 bits per heavy atom. The van der Waals surface area contributed by atoms with Gasteiger partial charge < -0.3 is 4.90 Å². The van der Waals surface area contributed by atoms with Gasteiger partial charge in [-0.25, -0.2) is 0 Å². The van der Waals surface area contributed by atoms with Gasteiger partial charge in [0.2, 0.25) is 0 Å². The maximum atomic E-state index is 12.7. The third-order valence-corrected chi connectivity index (χ3v) is 4.81. The number of likely N-dealkylation sites (tertiary alicyclic amines) is 1. The number of piperidine rings is 1. The summed E-state index contributed by atoms with van der Waals surface area (Å²) >= 11 is 0. The maximum Gasteiger partial charge on any atom is 0.179 e. The van der Waals surface area contributed by atoms with Crippen LogP contribution in [-0.2, 0) is 6.42 Å². The average molecular weight is 288 g/mol. The van der Waals surface area contributed by atoms with Crippen LogP contribution in [0.1, 0.15) is 42.6 Å². The van der Waals surface area contributed by atoms with Gasteiger partial charge in [0, 0.05) is 18.2 Å². The number of hydrogen-bond donors (Lipinski definition) is 0. The molecule has 116 valence electrons. The van der Waals surface area contributed by atoms with E-state index in [0.29, 0.717) is 6.04 Å². The normalized spacial score (nSPS) is 21.5. The molecule has 3 nitrogen and oxygen atoms in total. The fraction of sp³-hybridized carbons (Fsp3) is 0.611. The molecular weight excluding hydrogens is 260 g/mol. The van der Waals surface area contributed by atoms with Crippen molar-refractivity contribution in [1.82, 2.24) is 9.80 Å². The van der Waals surface area contributed by atoms with Crippen LogP contribution in [0.2, 0.25) is 0 Å². The summed E-state index contributed by atoms with van der Waals surface area (Å²) in [5, 5.41) is 0. The summed E-state index contributed by atoms with van der Waals surface area (Å²) in [6.07, 6.45) is 3.42. The van der Waals surface area contributed by atoms with E-state index >= 15 is 0 Å². The lowest BCUT2D eigenvalue weighted by molar-refractivity contribution is 0.0709. The second kappa shape index (κ2) is 7.19. The van der Waals surface area contributed by atoms with E-state index in [1.165, 1.54) is 24.9 Å². The monoisotopic (exact) mass is 288 g/mol. The quantitative estimate of drug-likeness (QED) is 0.778. The van der Waals surface area contributed by atoms with Gasteiger partial charge in [-0.2, -0.15) is 0 Å². The van der Waals surface area contributed by atoms with E-state index in [0.717, 1.165) is 18.5 Å². The summed E-state index contributed by atoms with van der Waals surface area (Å²) in [6.45, 7) is 6.39. The molecule has 0 radical (unpaired) electrons. The van der Waals surface area contributed by atoms with Crippen molar-refractivity contribution in [2.24, 2.45) is 0 Å². The fourth-order valence-corrected chi connectivity index (χ4v) is 3.12. The second-order valence-electron chi connectivity index (χ2n) is 6.31. The van der Waals surface area contributed by atoms with E-state index in [4.69, 9.17) is 0 Å². The number of likely N-dealkylation sites (N-methyl/N-ethyl adjacent to an activating group) is 2. The molecule has 21 heavy (non-hydrogen) atoms. The van der Waals surface area contributed by atoms with Crippen LogP contribution in [0.3, 0.4) is 0 Å². The Labute approximate surface area is 128 Å². The van der Waals surface area contributed by atoms with E-state index in [1.807, 2.05) is 19.1 Å². The van der Waals surface area contributed by atoms with Gasteiger partial charge in [-0.3, -0.25) is 9.69 Å². The van der Waals surface area contributed by atoms with E-state index in [-0.39, 0.29) is 11.8 Å². The van der Waals surface area contributed by atoms with Crippen molar-refractivity contribution < 1.29 is 4.79 Å². The smallest absolute Gasteiger partial charge is 0.179 e. The summed E-state index contributed by atoms with van der Waals surface area (Å²) in [4.78, 5) is 17.3. The lowest BCUT2D eigenvalue weighted by atomic mass is 9.98. The summed E-state index contributed by atoms with van der Waals surface area (Å²) < 4.78 is 0. The van der Waals surface area contributed by atoms with E-state index in [2.05, 4.69) is 43.0 Å². The molecule has 2 rings (SSSR count). The summed E-state index contributed by atoms with van der Waals surface area (Å²) in [6, 6.07) is 8.49. The van der Waals surface area contributed by atoms with E-state index in [9.17, 15) is 4.79 Å².